The van der Waals surface area contributed by atoms with Gasteiger partial charge in [-0.3, -0.25) is 18.4 Å². The van der Waals surface area contributed by atoms with Crippen LogP contribution in [-0.4, -0.2) is 18.8 Å². The van der Waals surface area contributed by atoms with Crippen molar-refractivity contribution < 1.29 is 0 Å². The summed E-state index contributed by atoms with van der Waals surface area (Å²) in [5.41, 5.74) is 9.68. The van der Waals surface area contributed by atoms with Crippen LogP contribution in [0.3, 0.4) is 0 Å². The quantitative estimate of drug-likeness (QED) is 0.154. The summed E-state index contributed by atoms with van der Waals surface area (Å²) in [4.78, 5) is 42.8. The highest BCUT2D eigenvalue weighted by Crippen LogP contribution is 2.35. The third-order valence-electron chi connectivity index (χ3n) is 10.0. The molecule has 8 heteroatoms. The Hall–Kier alpha value is -6.90. The van der Waals surface area contributed by atoms with Crippen molar-refractivity contribution in [2.75, 3.05) is 0 Å². The van der Waals surface area contributed by atoms with Gasteiger partial charge in [-0.2, -0.15) is 0 Å². The number of benzene rings is 6. The Kier molecular flexibility index (Phi) is 6.03. The molecular weight excluding hydrogens is 621 g/mol. The number of hydrogen-bond acceptors (Lipinski definition) is 4. The average molecular weight is 647 g/mol. The molecule has 0 spiro atoms. The van der Waals surface area contributed by atoms with E-state index in [1.807, 2.05) is 48.5 Å². The van der Waals surface area contributed by atoms with Crippen LogP contribution < -0.4 is 11.1 Å². The molecule has 4 aromatic heterocycles. The van der Waals surface area contributed by atoms with Gasteiger partial charge in [0.25, 0.3) is 11.1 Å². The maximum atomic E-state index is 13.2. The summed E-state index contributed by atoms with van der Waals surface area (Å²) in [6.07, 6.45) is 0. The van der Waals surface area contributed by atoms with Gasteiger partial charge in [-0.25, -0.2) is 19.7 Å². The van der Waals surface area contributed by atoms with Crippen molar-refractivity contribution in [1.82, 2.24) is 18.8 Å². The van der Waals surface area contributed by atoms with Crippen LogP contribution in [0.1, 0.15) is 22.3 Å². The Bertz CT molecular complexity index is 3250. The van der Waals surface area contributed by atoms with Crippen LogP contribution in [0.2, 0.25) is 0 Å². The molecule has 0 bridgehead atoms. The molecule has 4 heterocycles. The molecule has 10 rings (SSSR count). The zero-order valence-electron chi connectivity index (χ0n) is 27.6. The normalized spacial score (nSPS) is 11.7. The van der Waals surface area contributed by atoms with E-state index < -0.39 is 0 Å². The number of fused-ring (bicyclic) bond motifs is 8. The Labute approximate surface area is 284 Å². The molecule has 0 saturated carbocycles. The minimum atomic E-state index is -0.0808. The Morgan fingerprint density at radius 3 is 1.44 bits per heavy atom. The zero-order chi connectivity index (χ0) is 34.6. The summed E-state index contributed by atoms with van der Waals surface area (Å²) in [5, 5.41) is 7.57. The third-order valence-corrected chi connectivity index (χ3v) is 10.0. The second-order valence-corrected chi connectivity index (χ2v) is 12.9. The van der Waals surface area contributed by atoms with Crippen molar-refractivity contribution in [3.05, 3.63) is 151 Å². The van der Waals surface area contributed by atoms with Gasteiger partial charge < -0.3 is 0 Å². The fourth-order valence-electron chi connectivity index (χ4n) is 7.75. The second kappa shape index (κ2) is 10.3. The first-order valence-electron chi connectivity index (χ1n) is 16.2. The van der Waals surface area contributed by atoms with E-state index >= 15 is 0 Å². The topological polar surface area (TPSA) is 77.5 Å². The lowest BCUT2D eigenvalue weighted by Crippen LogP contribution is -2.13. The highest BCUT2D eigenvalue weighted by Gasteiger charge is 2.19. The largest absolute Gasteiger partial charge is 0.268 e. The Morgan fingerprint density at radius 2 is 0.920 bits per heavy atom. The van der Waals surface area contributed by atoms with Crippen molar-refractivity contribution in [3.63, 3.8) is 0 Å². The molecule has 0 atom stereocenters. The highest BCUT2D eigenvalue weighted by molar-refractivity contribution is 6.18. The molecule has 6 aromatic carbocycles. The van der Waals surface area contributed by atoms with Gasteiger partial charge in [0.2, 0.25) is 0 Å². The minimum absolute atomic E-state index is 0.0591. The summed E-state index contributed by atoms with van der Waals surface area (Å²) in [7, 11) is 0. The van der Waals surface area contributed by atoms with Crippen LogP contribution in [0.15, 0.2) is 94.5 Å². The lowest BCUT2D eigenvalue weighted by atomic mass is 9.95. The number of hydrogen-bond donors (Lipinski definition) is 0. The molecular formula is C42H26N6O2. The molecule has 0 fully saturated rings. The van der Waals surface area contributed by atoms with Crippen LogP contribution in [0, 0.1) is 40.8 Å². The van der Waals surface area contributed by atoms with Crippen LogP contribution in [0.4, 0.5) is 11.4 Å². The van der Waals surface area contributed by atoms with Crippen molar-refractivity contribution in [2.45, 2.75) is 27.7 Å². The number of aryl methyl sites for hydroxylation is 4. The van der Waals surface area contributed by atoms with Gasteiger partial charge in [-0.1, -0.05) is 48.5 Å². The first-order chi connectivity index (χ1) is 24.2. The fourth-order valence-corrected chi connectivity index (χ4v) is 7.75. The van der Waals surface area contributed by atoms with Crippen LogP contribution >= 0.6 is 0 Å². The summed E-state index contributed by atoms with van der Waals surface area (Å²) < 4.78 is 3.32. The molecule has 0 aliphatic rings. The van der Waals surface area contributed by atoms with Crippen molar-refractivity contribution in [3.8, 4) is 0 Å². The predicted molar refractivity (Wildman–Crippen MR) is 202 cm³/mol. The van der Waals surface area contributed by atoms with Crippen LogP contribution in [0.5, 0.6) is 0 Å². The average Bonchev–Trinajstić information content (AvgIpc) is 3.70. The third kappa shape index (κ3) is 3.85. The number of rotatable bonds is 0. The monoisotopic (exact) mass is 646 g/mol. The van der Waals surface area contributed by atoms with Gasteiger partial charge in [-0.05, 0) is 97.1 Å². The van der Waals surface area contributed by atoms with E-state index in [0.29, 0.717) is 44.5 Å². The maximum absolute atomic E-state index is 13.2. The SMILES string of the molecule is [C-]#[N+]c1ccc2c(c1)nc1c3ccc(C)c4c(C)ccc(c(=O)n21)c43.[C-]#[N+]c1ccc2nc3c4ccc(C)c5c(C)ccc(c(=O)n3c2c1)c54. The minimum Gasteiger partial charge on any atom is -0.268 e. The summed E-state index contributed by atoms with van der Waals surface area (Å²) in [5.74, 6) is 0. The van der Waals surface area contributed by atoms with Crippen molar-refractivity contribution in [1.29, 1.82) is 0 Å². The molecule has 8 nitrogen and oxygen atoms in total. The summed E-state index contributed by atoms with van der Waals surface area (Å²) >= 11 is 0. The Balaban J connectivity index is 0.000000135. The highest BCUT2D eigenvalue weighted by atomic mass is 16.1. The molecule has 0 saturated heterocycles. The first kappa shape index (κ1) is 29.3. The Morgan fingerprint density at radius 1 is 0.480 bits per heavy atom. The molecule has 0 unspecified atom stereocenters. The molecule has 50 heavy (non-hydrogen) atoms. The number of nitrogens with zero attached hydrogens (tertiary/aromatic N) is 6. The number of aromatic nitrogens is 4. The van der Waals surface area contributed by atoms with E-state index in [-0.39, 0.29) is 11.1 Å². The number of imidazole rings is 2. The van der Waals surface area contributed by atoms with E-state index in [2.05, 4.69) is 49.5 Å². The van der Waals surface area contributed by atoms with Crippen molar-refractivity contribution >= 4 is 87.8 Å². The first-order valence-corrected chi connectivity index (χ1v) is 16.2. The summed E-state index contributed by atoms with van der Waals surface area (Å²) in [6, 6.07) is 26.6. The molecule has 0 aliphatic heterocycles. The molecule has 236 valence electrons. The standard InChI is InChI=1S/2C21H13N3O/c1-11-4-7-14-19-15(8-5-12(2)18(11)19)21(25)24-17-9-6-13(22-3)10-16(17)23-20(14)24;1-11-4-7-14-19-15(8-5-12(2)18(11)19)21(25)24-17-10-13(22-3)6-9-16(17)23-20(14)24/h2*4-10H,1-2H3. The smallest absolute Gasteiger partial charge is 0.264 e. The van der Waals surface area contributed by atoms with Gasteiger partial charge in [0.05, 0.1) is 35.2 Å². The van der Waals surface area contributed by atoms with E-state index in [0.717, 1.165) is 65.6 Å². The maximum Gasteiger partial charge on any atom is 0.264 e. The van der Waals surface area contributed by atoms with Crippen LogP contribution in [0.25, 0.3) is 86.1 Å². The van der Waals surface area contributed by atoms with Crippen LogP contribution in [-0.2, 0) is 0 Å². The van der Waals surface area contributed by atoms with Gasteiger partial charge >= 0.3 is 0 Å². The van der Waals surface area contributed by atoms with Gasteiger partial charge in [0.15, 0.2) is 11.4 Å². The van der Waals surface area contributed by atoms with Gasteiger partial charge in [0, 0.05) is 32.3 Å². The van der Waals surface area contributed by atoms with Gasteiger partial charge in [0.1, 0.15) is 11.3 Å². The lowest BCUT2D eigenvalue weighted by molar-refractivity contribution is 1.19. The van der Waals surface area contributed by atoms with E-state index in [4.69, 9.17) is 23.1 Å². The van der Waals surface area contributed by atoms with E-state index in [1.165, 1.54) is 0 Å². The second-order valence-electron chi connectivity index (χ2n) is 12.9. The predicted octanol–water partition coefficient (Wildman–Crippen LogP) is 9.52. The van der Waals surface area contributed by atoms with E-state index in [9.17, 15) is 9.59 Å². The molecule has 0 aliphatic carbocycles. The molecule has 0 N–H and O–H groups in total. The van der Waals surface area contributed by atoms with Crippen molar-refractivity contribution in [2.24, 2.45) is 0 Å². The lowest BCUT2D eigenvalue weighted by Gasteiger charge is -2.11. The molecule has 0 radical (unpaired) electrons. The van der Waals surface area contributed by atoms with Gasteiger partial charge in [-0.15, -0.1) is 0 Å². The molecule has 10 aromatic rings. The fraction of sp³-hybridized carbons (Fsp3) is 0.0952. The van der Waals surface area contributed by atoms with E-state index in [1.54, 1.807) is 33.1 Å². The number of pyridine rings is 2. The zero-order valence-corrected chi connectivity index (χ0v) is 27.6. The molecule has 0 amide bonds. The summed E-state index contributed by atoms with van der Waals surface area (Å²) in [6.45, 7) is 22.7.